The fourth-order valence-corrected chi connectivity index (χ4v) is 3.94. The van der Waals surface area contributed by atoms with E-state index in [1.54, 1.807) is 29.2 Å². The number of hydrogen-bond donors (Lipinski definition) is 0. The maximum absolute atomic E-state index is 13.0. The summed E-state index contributed by atoms with van der Waals surface area (Å²) in [7, 11) is 0. The first-order valence-corrected chi connectivity index (χ1v) is 10.7. The summed E-state index contributed by atoms with van der Waals surface area (Å²) in [4.78, 5) is 39.8. The third-order valence-corrected chi connectivity index (χ3v) is 5.67. The minimum absolute atomic E-state index is 0.0543. The summed E-state index contributed by atoms with van der Waals surface area (Å²) in [6.07, 6.45) is 2.54. The highest BCUT2D eigenvalue weighted by Gasteiger charge is 2.41. The molecule has 158 valence electrons. The van der Waals surface area contributed by atoms with Crippen LogP contribution in [-0.4, -0.2) is 35.7 Å². The number of rotatable bonds is 8. The van der Waals surface area contributed by atoms with Crippen molar-refractivity contribution in [1.29, 1.82) is 0 Å². The van der Waals surface area contributed by atoms with Crippen molar-refractivity contribution in [3.8, 4) is 0 Å². The smallest absolute Gasteiger partial charge is 0.311 e. The summed E-state index contributed by atoms with van der Waals surface area (Å²) in [6.45, 7) is 2.34. The number of carbonyl (C=O) groups is 3. The summed E-state index contributed by atoms with van der Waals surface area (Å²) in [5.74, 6) is -1.18. The number of Topliss-reactive ketones (excluding diaryl/α,β-unsaturated/α-hetero) is 1. The van der Waals surface area contributed by atoms with Crippen molar-refractivity contribution in [2.24, 2.45) is 5.92 Å². The van der Waals surface area contributed by atoms with Crippen LogP contribution in [-0.2, 0) is 14.3 Å². The van der Waals surface area contributed by atoms with E-state index >= 15 is 0 Å². The SMILES string of the molecule is CCCCN1C(=O)CC[C@@H](C(=O)OCC(=O)c2ccc(Cl)cc2)[C@H]1c1ccccc1. The Hall–Kier alpha value is -2.66. The molecular weight excluding hydrogens is 402 g/mol. The lowest BCUT2D eigenvalue weighted by molar-refractivity contribution is -0.156. The van der Waals surface area contributed by atoms with Gasteiger partial charge in [0.2, 0.25) is 5.91 Å². The van der Waals surface area contributed by atoms with Crippen LogP contribution < -0.4 is 0 Å². The Balaban J connectivity index is 1.75. The predicted octanol–water partition coefficient (Wildman–Crippen LogP) is 4.85. The number of benzene rings is 2. The molecule has 2 aromatic rings. The van der Waals surface area contributed by atoms with Crippen LogP contribution in [0.4, 0.5) is 0 Å². The van der Waals surface area contributed by atoms with Gasteiger partial charge in [-0.05, 0) is 42.7 Å². The molecule has 0 radical (unpaired) electrons. The van der Waals surface area contributed by atoms with Gasteiger partial charge in [0.15, 0.2) is 12.4 Å². The molecule has 1 heterocycles. The molecule has 2 aromatic carbocycles. The lowest BCUT2D eigenvalue weighted by atomic mass is 9.84. The first kappa shape index (κ1) is 22.0. The number of unbranched alkanes of at least 4 members (excludes halogenated alkanes) is 1. The van der Waals surface area contributed by atoms with Crippen molar-refractivity contribution in [3.05, 3.63) is 70.7 Å². The summed E-state index contributed by atoms with van der Waals surface area (Å²) in [6, 6.07) is 15.7. The Morgan fingerprint density at radius 2 is 1.80 bits per heavy atom. The number of halogens is 1. The highest BCUT2D eigenvalue weighted by Crippen LogP contribution is 2.37. The van der Waals surface area contributed by atoms with Crippen molar-refractivity contribution >= 4 is 29.3 Å². The molecule has 1 fully saturated rings. The Bertz CT molecular complexity index is 882. The number of ketones is 1. The standard InChI is InChI=1S/C24H26ClNO4/c1-2-3-15-26-22(28)14-13-20(23(26)18-7-5-4-6-8-18)24(29)30-16-21(27)17-9-11-19(25)12-10-17/h4-12,20,23H,2-3,13-16H2,1H3/t20-,23-/m1/s1. The molecule has 30 heavy (non-hydrogen) atoms. The second-order valence-electron chi connectivity index (χ2n) is 7.48. The number of amides is 1. The number of hydrogen-bond acceptors (Lipinski definition) is 4. The summed E-state index contributed by atoms with van der Waals surface area (Å²) < 4.78 is 5.41. The summed E-state index contributed by atoms with van der Waals surface area (Å²) in [5.41, 5.74) is 1.35. The van der Waals surface area contributed by atoms with E-state index in [2.05, 4.69) is 6.92 Å². The molecule has 0 N–H and O–H groups in total. The van der Waals surface area contributed by atoms with E-state index < -0.39 is 11.9 Å². The number of piperidine rings is 1. The van der Waals surface area contributed by atoms with Crippen molar-refractivity contribution in [2.45, 2.75) is 38.6 Å². The fourth-order valence-electron chi connectivity index (χ4n) is 3.82. The van der Waals surface area contributed by atoms with Crippen LogP contribution in [0.15, 0.2) is 54.6 Å². The van der Waals surface area contributed by atoms with E-state index in [4.69, 9.17) is 16.3 Å². The van der Waals surface area contributed by atoms with E-state index in [0.29, 0.717) is 30.0 Å². The van der Waals surface area contributed by atoms with Gasteiger partial charge in [-0.1, -0.05) is 55.3 Å². The van der Waals surface area contributed by atoms with E-state index in [9.17, 15) is 14.4 Å². The Labute approximate surface area is 182 Å². The average molecular weight is 428 g/mol. The minimum atomic E-state index is -0.500. The molecule has 5 nitrogen and oxygen atoms in total. The summed E-state index contributed by atoms with van der Waals surface area (Å²) >= 11 is 5.85. The Kier molecular flexibility index (Phi) is 7.63. The van der Waals surface area contributed by atoms with Crippen LogP contribution in [0.25, 0.3) is 0 Å². The quantitative estimate of drug-likeness (QED) is 0.446. The molecule has 0 aromatic heterocycles. The average Bonchev–Trinajstić information content (AvgIpc) is 2.77. The zero-order chi connectivity index (χ0) is 21.5. The zero-order valence-electron chi connectivity index (χ0n) is 17.1. The van der Waals surface area contributed by atoms with Gasteiger partial charge in [0.1, 0.15) is 0 Å². The zero-order valence-corrected chi connectivity index (χ0v) is 17.8. The third-order valence-electron chi connectivity index (χ3n) is 5.41. The molecular formula is C24H26ClNO4. The largest absolute Gasteiger partial charge is 0.457 e. The molecule has 6 heteroatoms. The molecule has 0 bridgehead atoms. The van der Waals surface area contributed by atoms with Crippen molar-refractivity contribution in [3.63, 3.8) is 0 Å². The predicted molar refractivity (Wildman–Crippen MR) is 115 cm³/mol. The number of nitrogens with zero attached hydrogens (tertiary/aromatic N) is 1. The highest BCUT2D eigenvalue weighted by molar-refractivity contribution is 6.30. The monoisotopic (exact) mass is 427 g/mol. The molecule has 0 saturated carbocycles. The molecule has 2 atom stereocenters. The fraction of sp³-hybridized carbons (Fsp3) is 0.375. The van der Waals surface area contributed by atoms with Gasteiger partial charge in [-0.15, -0.1) is 0 Å². The Morgan fingerprint density at radius 3 is 2.47 bits per heavy atom. The van der Waals surface area contributed by atoms with Crippen LogP contribution in [0, 0.1) is 5.92 Å². The van der Waals surface area contributed by atoms with Gasteiger partial charge >= 0.3 is 5.97 Å². The number of esters is 1. The van der Waals surface area contributed by atoms with E-state index in [-0.39, 0.29) is 24.3 Å². The van der Waals surface area contributed by atoms with Gasteiger partial charge < -0.3 is 9.64 Å². The number of likely N-dealkylation sites (tertiary alicyclic amines) is 1. The minimum Gasteiger partial charge on any atom is -0.457 e. The van der Waals surface area contributed by atoms with Gasteiger partial charge in [-0.2, -0.15) is 0 Å². The highest BCUT2D eigenvalue weighted by atomic mass is 35.5. The maximum atomic E-state index is 13.0. The van der Waals surface area contributed by atoms with Crippen molar-refractivity contribution < 1.29 is 19.1 Å². The molecule has 1 aliphatic heterocycles. The van der Waals surface area contributed by atoms with Gasteiger partial charge in [0, 0.05) is 23.6 Å². The molecule has 3 rings (SSSR count). The van der Waals surface area contributed by atoms with Gasteiger partial charge in [-0.25, -0.2) is 0 Å². The maximum Gasteiger partial charge on any atom is 0.311 e. The number of ether oxygens (including phenoxy) is 1. The second kappa shape index (κ2) is 10.4. The molecule has 0 aliphatic carbocycles. The summed E-state index contributed by atoms with van der Waals surface area (Å²) in [5, 5.41) is 0.535. The van der Waals surface area contributed by atoms with Crippen molar-refractivity contribution in [1.82, 2.24) is 4.90 Å². The van der Waals surface area contributed by atoms with Gasteiger partial charge in [0.05, 0.1) is 12.0 Å². The van der Waals surface area contributed by atoms with Crippen LogP contribution in [0.3, 0.4) is 0 Å². The molecule has 1 saturated heterocycles. The molecule has 0 unspecified atom stereocenters. The molecule has 0 spiro atoms. The van der Waals surface area contributed by atoms with Crippen LogP contribution in [0.5, 0.6) is 0 Å². The van der Waals surface area contributed by atoms with Crippen LogP contribution >= 0.6 is 11.6 Å². The second-order valence-corrected chi connectivity index (χ2v) is 7.92. The number of carbonyl (C=O) groups excluding carboxylic acids is 3. The van der Waals surface area contributed by atoms with Crippen LogP contribution in [0.2, 0.25) is 5.02 Å². The van der Waals surface area contributed by atoms with E-state index in [1.807, 2.05) is 30.3 Å². The normalized spacial score (nSPS) is 18.9. The molecule has 1 aliphatic rings. The molecule has 1 amide bonds. The van der Waals surface area contributed by atoms with Crippen LogP contribution in [0.1, 0.15) is 54.6 Å². The van der Waals surface area contributed by atoms with E-state index in [0.717, 1.165) is 18.4 Å². The van der Waals surface area contributed by atoms with E-state index in [1.165, 1.54) is 0 Å². The lowest BCUT2D eigenvalue weighted by Crippen LogP contribution is -2.46. The lowest BCUT2D eigenvalue weighted by Gasteiger charge is -2.40. The van der Waals surface area contributed by atoms with Gasteiger partial charge in [-0.3, -0.25) is 14.4 Å². The van der Waals surface area contributed by atoms with Gasteiger partial charge in [0.25, 0.3) is 0 Å². The third kappa shape index (κ3) is 5.28. The first-order valence-electron chi connectivity index (χ1n) is 10.3. The first-order chi connectivity index (χ1) is 14.5. The topological polar surface area (TPSA) is 63.7 Å². The Morgan fingerprint density at radius 1 is 1.10 bits per heavy atom. The van der Waals surface area contributed by atoms with Crippen molar-refractivity contribution in [2.75, 3.05) is 13.2 Å².